The molecule has 0 spiro atoms. The molecule has 0 radical (unpaired) electrons. The number of quaternary nitrogens is 1. The molecule has 0 aliphatic heterocycles. The summed E-state index contributed by atoms with van der Waals surface area (Å²) in [6.07, 6.45) is 33.2. The molecule has 0 rings (SSSR count). The van der Waals surface area contributed by atoms with Crippen LogP contribution in [0.1, 0.15) is 187 Å². The molecule has 0 heterocycles. The van der Waals surface area contributed by atoms with Gasteiger partial charge in [-0.2, -0.15) is 0 Å². The summed E-state index contributed by atoms with van der Waals surface area (Å²) in [5.41, 5.74) is 0. The van der Waals surface area contributed by atoms with Gasteiger partial charge >= 0.3 is 13.8 Å². The number of phosphoric acid groups is 1. The van der Waals surface area contributed by atoms with E-state index in [1.807, 2.05) is 21.1 Å². The number of likely N-dealkylation sites (N-methyl/N-ethyl adjacent to an activating group) is 1. The van der Waals surface area contributed by atoms with Gasteiger partial charge in [0, 0.05) is 13.0 Å². The van der Waals surface area contributed by atoms with Crippen LogP contribution in [0.25, 0.3) is 0 Å². The summed E-state index contributed by atoms with van der Waals surface area (Å²) in [6.45, 7) is 5.57. The summed E-state index contributed by atoms with van der Waals surface area (Å²) < 4.78 is 34.7. The molecule has 9 heteroatoms. The summed E-state index contributed by atoms with van der Waals surface area (Å²) in [5, 5.41) is 0. The molecule has 0 amide bonds. The Morgan fingerprint density at radius 2 is 0.958 bits per heavy atom. The van der Waals surface area contributed by atoms with Crippen LogP contribution in [-0.4, -0.2) is 75.6 Å². The van der Waals surface area contributed by atoms with Gasteiger partial charge in [-0.15, -0.1) is 0 Å². The summed E-state index contributed by atoms with van der Waals surface area (Å²) in [4.78, 5) is 22.5. The predicted octanol–water partition coefficient (Wildman–Crippen LogP) is 11.3. The average Bonchev–Trinajstić information content (AvgIpc) is 3.03. The molecule has 8 nitrogen and oxygen atoms in total. The molecule has 0 saturated carbocycles. The molecular formula is C39H81NO7P+. The maximum atomic E-state index is 12.4. The van der Waals surface area contributed by atoms with Crippen molar-refractivity contribution in [3.8, 4) is 0 Å². The summed E-state index contributed by atoms with van der Waals surface area (Å²) in [6, 6.07) is 0. The first-order valence-corrected chi connectivity index (χ1v) is 21.8. The second-order valence-electron chi connectivity index (χ2n) is 15.0. The van der Waals surface area contributed by atoms with Gasteiger partial charge in [0.2, 0.25) is 0 Å². The highest BCUT2D eigenvalue weighted by Crippen LogP contribution is 2.43. The first kappa shape index (κ1) is 47.5. The van der Waals surface area contributed by atoms with Crippen molar-refractivity contribution in [1.82, 2.24) is 0 Å². The zero-order valence-electron chi connectivity index (χ0n) is 32.5. The fraction of sp³-hybridized carbons (Fsp3) is 0.974. The molecule has 0 aromatic carbocycles. The number of carbonyl (C=O) groups excluding carboxylic acids is 1. The molecule has 0 aliphatic rings. The highest BCUT2D eigenvalue weighted by molar-refractivity contribution is 7.47. The number of unbranched alkanes of at least 4 members (excludes halogenated alkanes) is 24. The molecule has 0 aromatic rings. The third-order valence-corrected chi connectivity index (χ3v) is 9.90. The molecule has 0 aliphatic carbocycles. The minimum absolute atomic E-state index is 0.0927. The van der Waals surface area contributed by atoms with Crippen LogP contribution < -0.4 is 0 Å². The Balaban J connectivity index is 3.93. The number of esters is 1. The van der Waals surface area contributed by atoms with Crippen LogP contribution in [0, 0.1) is 0 Å². The van der Waals surface area contributed by atoms with Crippen LogP contribution in [0.2, 0.25) is 0 Å². The maximum absolute atomic E-state index is 12.4. The third-order valence-electron chi connectivity index (χ3n) is 8.92. The van der Waals surface area contributed by atoms with E-state index in [2.05, 4.69) is 13.8 Å². The first-order chi connectivity index (χ1) is 23.1. The van der Waals surface area contributed by atoms with Gasteiger partial charge in [-0.1, -0.05) is 168 Å². The SMILES string of the molecule is CCCCCCCCCCCCCCCCCCCCCCCOCC(COP(=O)(O)OCC[N+](C)(C)C)OC(=O)CCCCCCC. The van der Waals surface area contributed by atoms with Crippen LogP contribution >= 0.6 is 7.82 Å². The zero-order chi connectivity index (χ0) is 35.6. The molecule has 0 bridgehead atoms. The van der Waals surface area contributed by atoms with E-state index in [0.717, 1.165) is 38.5 Å². The van der Waals surface area contributed by atoms with Crippen molar-refractivity contribution in [3.63, 3.8) is 0 Å². The Kier molecular flexibility index (Phi) is 33.3. The third kappa shape index (κ3) is 36.8. The van der Waals surface area contributed by atoms with E-state index in [-0.39, 0.29) is 25.8 Å². The van der Waals surface area contributed by atoms with Gasteiger partial charge in [-0.3, -0.25) is 13.8 Å². The monoisotopic (exact) mass is 707 g/mol. The lowest BCUT2D eigenvalue weighted by molar-refractivity contribution is -0.870. The van der Waals surface area contributed by atoms with E-state index in [0.29, 0.717) is 24.1 Å². The topological polar surface area (TPSA) is 91.3 Å². The lowest BCUT2D eigenvalue weighted by atomic mass is 10.0. The fourth-order valence-corrected chi connectivity index (χ4v) is 6.47. The number of hydrogen-bond acceptors (Lipinski definition) is 6. The molecule has 0 aromatic heterocycles. The highest BCUT2D eigenvalue weighted by Gasteiger charge is 2.26. The number of nitrogens with zero attached hydrogens (tertiary/aromatic N) is 1. The molecule has 0 saturated heterocycles. The zero-order valence-corrected chi connectivity index (χ0v) is 33.4. The second-order valence-corrected chi connectivity index (χ2v) is 16.5. The summed E-state index contributed by atoms with van der Waals surface area (Å²) in [5.74, 6) is -0.323. The minimum atomic E-state index is -4.25. The van der Waals surface area contributed by atoms with Crippen molar-refractivity contribution in [1.29, 1.82) is 0 Å². The van der Waals surface area contributed by atoms with Gasteiger partial charge in [0.05, 0.1) is 34.4 Å². The predicted molar refractivity (Wildman–Crippen MR) is 201 cm³/mol. The van der Waals surface area contributed by atoms with Gasteiger partial charge in [-0.25, -0.2) is 4.57 Å². The van der Waals surface area contributed by atoms with Gasteiger partial charge in [0.15, 0.2) is 0 Å². The molecule has 2 atom stereocenters. The standard InChI is InChI=1S/C39H80NO7P/c1-6-8-10-12-13-14-15-16-17-18-19-20-21-22-23-24-25-26-27-29-31-34-44-36-38(47-39(41)32-30-28-11-9-7-2)37-46-48(42,43)45-35-33-40(3,4)5/h38H,6-37H2,1-5H3/p+1. The van der Waals surface area contributed by atoms with E-state index in [4.69, 9.17) is 18.5 Å². The lowest BCUT2D eigenvalue weighted by Gasteiger charge is -2.24. The normalized spacial score (nSPS) is 13.9. The van der Waals surface area contributed by atoms with Crippen molar-refractivity contribution < 1.29 is 37.3 Å². The van der Waals surface area contributed by atoms with E-state index in [1.54, 1.807) is 0 Å². The number of hydrogen-bond donors (Lipinski definition) is 1. The Labute approximate surface area is 298 Å². The van der Waals surface area contributed by atoms with Crippen LogP contribution in [0.15, 0.2) is 0 Å². The summed E-state index contributed by atoms with van der Waals surface area (Å²) >= 11 is 0. The minimum Gasteiger partial charge on any atom is -0.457 e. The quantitative estimate of drug-likeness (QED) is 0.0296. The number of ether oxygens (including phenoxy) is 2. The number of carbonyl (C=O) groups is 1. The molecule has 0 fully saturated rings. The van der Waals surface area contributed by atoms with Gasteiger partial charge in [-0.05, 0) is 12.8 Å². The average molecular weight is 707 g/mol. The lowest BCUT2D eigenvalue weighted by Crippen LogP contribution is -2.37. The maximum Gasteiger partial charge on any atom is 0.472 e. The largest absolute Gasteiger partial charge is 0.472 e. The Morgan fingerprint density at radius 1 is 0.562 bits per heavy atom. The van der Waals surface area contributed by atoms with E-state index in [1.165, 1.54) is 128 Å². The van der Waals surface area contributed by atoms with Crippen molar-refractivity contribution in [3.05, 3.63) is 0 Å². The van der Waals surface area contributed by atoms with E-state index < -0.39 is 13.9 Å². The Morgan fingerprint density at radius 3 is 1.38 bits per heavy atom. The van der Waals surface area contributed by atoms with Crippen molar-refractivity contribution >= 4 is 13.8 Å². The van der Waals surface area contributed by atoms with E-state index >= 15 is 0 Å². The van der Waals surface area contributed by atoms with Crippen molar-refractivity contribution in [2.45, 2.75) is 193 Å². The number of rotatable bonds is 38. The molecule has 48 heavy (non-hydrogen) atoms. The van der Waals surface area contributed by atoms with Crippen molar-refractivity contribution in [2.75, 3.05) is 54.1 Å². The van der Waals surface area contributed by atoms with Crippen LogP contribution in [-0.2, 0) is 27.9 Å². The molecule has 2 unspecified atom stereocenters. The van der Waals surface area contributed by atoms with Crippen LogP contribution in [0.3, 0.4) is 0 Å². The highest BCUT2D eigenvalue weighted by atomic mass is 31.2. The second kappa shape index (κ2) is 33.6. The van der Waals surface area contributed by atoms with Gasteiger partial charge in [0.1, 0.15) is 19.3 Å². The molecule has 288 valence electrons. The van der Waals surface area contributed by atoms with Gasteiger partial charge < -0.3 is 18.9 Å². The van der Waals surface area contributed by atoms with Crippen LogP contribution in [0.5, 0.6) is 0 Å². The summed E-state index contributed by atoms with van der Waals surface area (Å²) in [7, 11) is 1.68. The van der Waals surface area contributed by atoms with Crippen LogP contribution in [0.4, 0.5) is 0 Å². The smallest absolute Gasteiger partial charge is 0.457 e. The molecular weight excluding hydrogens is 625 g/mol. The Bertz CT molecular complexity index is 746. The molecule has 1 N–H and O–H groups in total. The number of phosphoric ester groups is 1. The van der Waals surface area contributed by atoms with Crippen molar-refractivity contribution in [2.24, 2.45) is 0 Å². The van der Waals surface area contributed by atoms with Gasteiger partial charge in [0.25, 0.3) is 0 Å². The Hall–Kier alpha value is -0.500. The van der Waals surface area contributed by atoms with E-state index in [9.17, 15) is 14.3 Å². The first-order valence-electron chi connectivity index (χ1n) is 20.3. The fourth-order valence-electron chi connectivity index (χ4n) is 5.73.